The van der Waals surface area contributed by atoms with E-state index in [4.69, 9.17) is 9.72 Å². The predicted molar refractivity (Wildman–Crippen MR) is 75.3 cm³/mol. The number of benzene rings is 1. The van der Waals surface area contributed by atoms with Gasteiger partial charge in [0.1, 0.15) is 0 Å². The van der Waals surface area contributed by atoms with Gasteiger partial charge in [-0.3, -0.25) is 0 Å². The monoisotopic (exact) mass is 260 g/mol. The number of aryl methyl sites for hydroxylation is 1. The number of aromatic nitrogens is 1. The fourth-order valence-electron chi connectivity index (χ4n) is 2.02. The van der Waals surface area contributed by atoms with E-state index in [0.29, 0.717) is 0 Å². The summed E-state index contributed by atoms with van der Waals surface area (Å²) in [5, 5.41) is 3.24. The van der Waals surface area contributed by atoms with Crippen molar-refractivity contribution in [3.8, 4) is 11.3 Å². The molecule has 4 heteroatoms. The number of morpholine rings is 1. The summed E-state index contributed by atoms with van der Waals surface area (Å²) in [5.41, 5.74) is 3.54. The van der Waals surface area contributed by atoms with E-state index >= 15 is 0 Å². The third-order valence-electron chi connectivity index (χ3n) is 3.12. The van der Waals surface area contributed by atoms with Gasteiger partial charge in [-0.25, -0.2) is 4.98 Å². The van der Waals surface area contributed by atoms with Crippen LogP contribution in [0, 0.1) is 6.92 Å². The molecule has 0 radical (unpaired) electrons. The quantitative estimate of drug-likeness (QED) is 0.830. The molecule has 3 rings (SSSR count). The lowest BCUT2D eigenvalue weighted by atomic mass is 10.1. The minimum atomic E-state index is 0.805. The van der Waals surface area contributed by atoms with Crippen molar-refractivity contribution in [1.29, 1.82) is 0 Å². The van der Waals surface area contributed by atoms with Gasteiger partial charge < -0.3 is 9.64 Å². The van der Waals surface area contributed by atoms with E-state index in [1.807, 2.05) is 0 Å². The third kappa shape index (κ3) is 2.40. The number of rotatable bonds is 2. The molecule has 0 N–H and O–H groups in total. The highest BCUT2D eigenvalue weighted by molar-refractivity contribution is 7.14. The summed E-state index contributed by atoms with van der Waals surface area (Å²) in [6.07, 6.45) is 0. The van der Waals surface area contributed by atoms with Crippen LogP contribution in [0.2, 0.25) is 0 Å². The maximum Gasteiger partial charge on any atom is 0.186 e. The van der Waals surface area contributed by atoms with Crippen molar-refractivity contribution < 1.29 is 4.74 Å². The van der Waals surface area contributed by atoms with E-state index in [-0.39, 0.29) is 0 Å². The lowest BCUT2D eigenvalue weighted by Crippen LogP contribution is -2.36. The molecular weight excluding hydrogens is 244 g/mol. The van der Waals surface area contributed by atoms with E-state index < -0.39 is 0 Å². The van der Waals surface area contributed by atoms with Crippen LogP contribution in [0.5, 0.6) is 0 Å². The molecule has 1 aromatic heterocycles. The molecule has 0 unspecified atom stereocenters. The molecule has 0 saturated carbocycles. The molecule has 2 heterocycles. The van der Waals surface area contributed by atoms with Crippen molar-refractivity contribution in [2.75, 3.05) is 31.2 Å². The highest BCUT2D eigenvalue weighted by atomic mass is 32.1. The van der Waals surface area contributed by atoms with Crippen LogP contribution in [0.1, 0.15) is 5.56 Å². The average molecular weight is 260 g/mol. The molecule has 0 bridgehead atoms. The molecule has 94 valence electrons. The Balaban J connectivity index is 1.82. The van der Waals surface area contributed by atoms with Crippen molar-refractivity contribution in [2.24, 2.45) is 0 Å². The second-order valence-corrected chi connectivity index (χ2v) is 5.32. The molecule has 0 atom stereocenters. The Labute approximate surface area is 111 Å². The fourth-order valence-corrected chi connectivity index (χ4v) is 2.91. The van der Waals surface area contributed by atoms with Crippen LogP contribution in [0.25, 0.3) is 11.3 Å². The van der Waals surface area contributed by atoms with Gasteiger partial charge in [0.2, 0.25) is 0 Å². The zero-order chi connectivity index (χ0) is 12.4. The van der Waals surface area contributed by atoms with Crippen LogP contribution < -0.4 is 4.90 Å². The van der Waals surface area contributed by atoms with Crippen LogP contribution in [-0.2, 0) is 4.74 Å². The standard InChI is InChI=1S/C14H16N2OS/c1-11-2-4-12(5-3-11)13-10-18-14(15-13)16-6-8-17-9-7-16/h2-5,10H,6-9H2,1H3. The summed E-state index contributed by atoms with van der Waals surface area (Å²) in [6, 6.07) is 8.52. The number of ether oxygens (including phenoxy) is 1. The molecule has 0 spiro atoms. The van der Waals surface area contributed by atoms with Gasteiger partial charge in [0.05, 0.1) is 18.9 Å². The average Bonchev–Trinajstić information content (AvgIpc) is 2.90. The number of anilines is 1. The Morgan fingerprint density at radius 2 is 1.89 bits per heavy atom. The molecule has 1 aliphatic heterocycles. The predicted octanol–water partition coefficient (Wildman–Crippen LogP) is 2.96. The molecule has 1 fully saturated rings. The SMILES string of the molecule is Cc1ccc(-c2csc(N3CCOCC3)n2)cc1. The number of hydrogen-bond donors (Lipinski definition) is 0. The molecule has 0 amide bonds. The molecule has 1 aromatic carbocycles. The fraction of sp³-hybridized carbons (Fsp3) is 0.357. The summed E-state index contributed by atoms with van der Waals surface area (Å²) in [7, 11) is 0. The maximum atomic E-state index is 5.36. The smallest absolute Gasteiger partial charge is 0.186 e. The van der Waals surface area contributed by atoms with Gasteiger partial charge >= 0.3 is 0 Å². The van der Waals surface area contributed by atoms with Gasteiger partial charge in [-0.15, -0.1) is 11.3 Å². The number of hydrogen-bond acceptors (Lipinski definition) is 4. The highest BCUT2D eigenvalue weighted by Gasteiger charge is 2.14. The van der Waals surface area contributed by atoms with Crippen molar-refractivity contribution in [1.82, 2.24) is 4.98 Å². The van der Waals surface area contributed by atoms with E-state index in [1.165, 1.54) is 11.1 Å². The molecule has 3 nitrogen and oxygen atoms in total. The first-order chi connectivity index (χ1) is 8.83. The van der Waals surface area contributed by atoms with Gasteiger partial charge in [0, 0.05) is 24.0 Å². The summed E-state index contributed by atoms with van der Waals surface area (Å²) in [4.78, 5) is 7.02. The van der Waals surface area contributed by atoms with E-state index in [1.54, 1.807) is 11.3 Å². The topological polar surface area (TPSA) is 25.4 Å². The number of thiazole rings is 1. The largest absolute Gasteiger partial charge is 0.378 e. The van der Waals surface area contributed by atoms with Gasteiger partial charge in [-0.2, -0.15) is 0 Å². The van der Waals surface area contributed by atoms with E-state index in [0.717, 1.165) is 37.1 Å². The first-order valence-corrected chi connectivity index (χ1v) is 7.06. The Morgan fingerprint density at radius 1 is 1.17 bits per heavy atom. The lowest BCUT2D eigenvalue weighted by Gasteiger charge is -2.26. The van der Waals surface area contributed by atoms with Crippen molar-refractivity contribution in [3.05, 3.63) is 35.2 Å². The van der Waals surface area contributed by atoms with Crippen LogP contribution >= 0.6 is 11.3 Å². The Hall–Kier alpha value is -1.39. The molecule has 2 aromatic rings. The Bertz CT molecular complexity index is 515. The van der Waals surface area contributed by atoms with Crippen LogP contribution in [-0.4, -0.2) is 31.3 Å². The minimum Gasteiger partial charge on any atom is -0.378 e. The molecular formula is C14H16N2OS. The zero-order valence-electron chi connectivity index (χ0n) is 10.4. The molecule has 0 aliphatic carbocycles. The summed E-state index contributed by atoms with van der Waals surface area (Å²) < 4.78 is 5.36. The van der Waals surface area contributed by atoms with E-state index in [9.17, 15) is 0 Å². The maximum absolute atomic E-state index is 5.36. The highest BCUT2D eigenvalue weighted by Crippen LogP contribution is 2.27. The molecule has 1 saturated heterocycles. The molecule has 1 aliphatic rings. The third-order valence-corrected chi connectivity index (χ3v) is 4.02. The second kappa shape index (κ2) is 5.08. The first kappa shape index (κ1) is 11.7. The van der Waals surface area contributed by atoms with Crippen molar-refractivity contribution in [2.45, 2.75) is 6.92 Å². The van der Waals surface area contributed by atoms with Gasteiger partial charge in [-0.1, -0.05) is 29.8 Å². The van der Waals surface area contributed by atoms with Crippen molar-refractivity contribution >= 4 is 16.5 Å². The summed E-state index contributed by atoms with van der Waals surface area (Å²) in [5.74, 6) is 0. The Morgan fingerprint density at radius 3 is 2.61 bits per heavy atom. The van der Waals surface area contributed by atoms with Crippen LogP contribution in [0.3, 0.4) is 0 Å². The zero-order valence-corrected chi connectivity index (χ0v) is 11.2. The summed E-state index contributed by atoms with van der Waals surface area (Å²) >= 11 is 1.71. The lowest BCUT2D eigenvalue weighted by molar-refractivity contribution is 0.122. The van der Waals surface area contributed by atoms with Gasteiger partial charge in [0.15, 0.2) is 5.13 Å². The van der Waals surface area contributed by atoms with Crippen LogP contribution in [0.4, 0.5) is 5.13 Å². The Kier molecular flexibility index (Phi) is 3.30. The van der Waals surface area contributed by atoms with Crippen molar-refractivity contribution in [3.63, 3.8) is 0 Å². The first-order valence-electron chi connectivity index (χ1n) is 6.18. The second-order valence-electron chi connectivity index (χ2n) is 4.48. The minimum absolute atomic E-state index is 0.805. The summed E-state index contributed by atoms with van der Waals surface area (Å²) in [6.45, 7) is 5.60. The molecule has 18 heavy (non-hydrogen) atoms. The van der Waals surface area contributed by atoms with Crippen LogP contribution in [0.15, 0.2) is 29.6 Å². The normalized spacial score (nSPS) is 15.9. The van der Waals surface area contributed by atoms with E-state index in [2.05, 4.69) is 41.5 Å². The van der Waals surface area contributed by atoms with Gasteiger partial charge in [0.25, 0.3) is 0 Å². The number of nitrogens with zero attached hydrogens (tertiary/aromatic N) is 2. The van der Waals surface area contributed by atoms with Gasteiger partial charge in [-0.05, 0) is 6.92 Å².